The van der Waals surface area contributed by atoms with Crippen LogP contribution in [0.5, 0.6) is 0 Å². The van der Waals surface area contributed by atoms with Crippen molar-refractivity contribution in [3.63, 3.8) is 0 Å². The third kappa shape index (κ3) is 3.72. The van der Waals surface area contributed by atoms with Crippen LogP contribution in [0.15, 0.2) is 18.2 Å². The lowest BCUT2D eigenvalue weighted by Crippen LogP contribution is -2.41. The third-order valence-corrected chi connectivity index (χ3v) is 3.83. The first kappa shape index (κ1) is 14.8. The Balaban J connectivity index is 1.96. The Labute approximate surface area is 121 Å². The number of nitrogens with one attached hydrogen (secondary N) is 2. The van der Waals surface area contributed by atoms with Crippen LogP contribution < -0.4 is 10.6 Å². The fourth-order valence-corrected chi connectivity index (χ4v) is 2.75. The van der Waals surface area contributed by atoms with E-state index >= 15 is 0 Å². The number of carbonyl (C=O) groups is 2. The van der Waals surface area contributed by atoms with Crippen molar-refractivity contribution in [2.24, 2.45) is 0 Å². The molecule has 0 spiro atoms. The van der Waals surface area contributed by atoms with Gasteiger partial charge in [0, 0.05) is 18.7 Å². The smallest absolute Gasteiger partial charge is 0.242 e. The Morgan fingerprint density at radius 2 is 2.30 bits per heavy atom. The van der Waals surface area contributed by atoms with E-state index in [-0.39, 0.29) is 17.6 Å². The van der Waals surface area contributed by atoms with Crippen LogP contribution in [0.3, 0.4) is 0 Å². The minimum absolute atomic E-state index is 0.0880. The van der Waals surface area contributed by atoms with E-state index in [2.05, 4.69) is 10.6 Å². The van der Waals surface area contributed by atoms with Crippen molar-refractivity contribution >= 4 is 23.6 Å². The Bertz CT molecular complexity index is 522. The number of hydrogen-bond donors (Lipinski definition) is 2. The van der Waals surface area contributed by atoms with Crippen LogP contribution in [0.25, 0.3) is 0 Å². The van der Waals surface area contributed by atoms with Crippen LogP contribution in [0.1, 0.15) is 24.0 Å². The van der Waals surface area contributed by atoms with Gasteiger partial charge in [0.15, 0.2) is 0 Å². The largest absolute Gasteiger partial charge is 0.350 e. The van der Waals surface area contributed by atoms with Crippen molar-refractivity contribution in [3.05, 3.63) is 35.1 Å². The molecule has 1 aliphatic rings. The van der Waals surface area contributed by atoms with Crippen LogP contribution in [-0.4, -0.2) is 24.1 Å². The van der Waals surface area contributed by atoms with Gasteiger partial charge < -0.3 is 10.6 Å². The van der Waals surface area contributed by atoms with E-state index in [1.807, 2.05) is 6.26 Å². The van der Waals surface area contributed by atoms with Crippen molar-refractivity contribution in [2.45, 2.75) is 31.2 Å². The first-order valence-corrected chi connectivity index (χ1v) is 7.83. The van der Waals surface area contributed by atoms with E-state index in [1.54, 1.807) is 17.8 Å². The number of carbonyl (C=O) groups excluding carboxylic acids is 2. The maximum Gasteiger partial charge on any atom is 0.242 e. The lowest BCUT2D eigenvalue weighted by Gasteiger charge is -2.13. The lowest BCUT2D eigenvalue weighted by atomic mass is 10.1. The molecule has 2 rings (SSSR count). The third-order valence-electron chi connectivity index (χ3n) is 3.23. The number of thioether (sulfide) groups is 1. The molecule has 0 unspecified atom stereocenters. The molecule has 2 N–H and O–H groups in total. The van der Waals surface area contributed by atoms with Gasteiger partial charge in [0.1, 0.15) is 11.9 Å². The van der Waals surface area contributed by atoms with E-state index in [0.29, 0.717) is 25.1 Å². The lowest BCUT2D eigenvalue weighted by molar-refractivity contribution is -0.125. The fraction of sp³-hybridized carbons (Fsp3) is 0.429. The Hall–Kier alpha value is -1.56. The standard InChI is InChI=1S/C14H17FN2O2S/c1-20-8-10-6-11(15)3-2-9(10)7-16-14(19)12-4-5-13(18)17-12/h2-3,6,12H,4-5,7-8H2,1H3,(H,16,19)(H,17,18)/t12-/m1/s1. The molecule has 6 heteroatoms. The van der Waals surface area contributed by atoms with Crippen molar-refractivity contribution in [1.82, 2.24) is 10.6 Å². The summed E-state index contributed by atoms with van der Waals surface area (Å²) >= 11 is 1.60. The molecule has 1 aliphatic heterocycles. The molecule has 1 aromatic rings. The zero-order valence-corrected chi connectivity index (χ0v) is 12.1. The molecule has 0 bridgehead atoms. The molecule has 20 heavy (non-hydrogen) atoms. The van der Waals surface area contributed by atoms with Gasteiger partial charge in [-0.1, -0.05) is 6.07 Å². The molecule has 108 valence electrons. The van der Waals surface area contributed by atoms with Crippen molar-refractivity contribution < 1.29 is 14.0 Å². The molecule has 1 aromatic carbocycles. The Morgan fingerprint density at radius 1 is 1.50 bits per heavy atom. The molecule has 2 amide bonds. The van der Waals surface area contributed by atoms with Gasteiger partial charge in [-0.3, -0.25) is 9.59 Å². The van der Waals surface area contributed by atoms with Crippen LogP contribution in [0.4, 0.5) is 4.39 Å². The minimum Gasteiger partial charge on any atom is -0.350 e. The number of hydrogen-bond acceptors (Lipinski definition) is 3. The predicted octanol–water partition coefficient (Wildman–Crippen LogP) is 1.58. The summed E-state index contributed by atoms with van der Waals surface area (Å²) in [5.41, 5.74) is 1.78. The second kappa shape index (κ2) is 6.74. The summed E-state index contributed by atoms with van der Waals surface area (Å²) < 4.78 is 13.2. The molecule has 0 saturated carbocycles. The molecule has 1 atom stereocenters. The second-order valence-corrected chi connectivity index (χ2v) is 5.59. The normalized spacial score (nSPS) is 17.9. The highest BCUT2D eigenvalue weighted by Gasteiger charge is 2.26. The molecule has 1 saturated heterocycles. The number of rotatable bonds is 5. The number of halogens is 1. The Morgan fingerprint density at radius 3 is 2.95 bits per heavy atom. The SMILES string of the molecule is CSCc1cc(F)ccc1CNC(=O)[C@H]1CCC(=O)N1. The zero-order valence-electron chi connectivity index (χ0n) is 11.2. The maximum absolute atomic E-state index is 13.2. The number of amides is 2. The van der Waals surface area contributed by atoms with Crippen LogP contribution in [0, 0.1) is 5.82 Å². The van der Waals surface area contributed by atoms with Crippen LogP contribution in [-0.2, 0) is 21.9 Å². The molecule has 1 heterocycles. The van der Waals surface area contributed by atoms with Gasteiger partial charge in [-0.05, 0) is 35.9 Å². The van der Waals surface area contributed by atoms with Gasteiger partial charge in [-0.15, -0.1) is 0 Å². The average Bonchev–Trinajstić information content (AvgIpc) is 2.85. The van der Waals surface area contributed by atoms with Gasteiger partial charge >= 0.3 is 0 Å². The monoisotopic (exact) mass is 296 g/mol. The summed E-state index contributed by atoms with van der Waals surface area (Å²) in [5.74, 6) is 0.154. The summed E-state index contributed by atoms with van der Waals surface area (Å²) in [6.45, 7) is 0.349. The van der Waals surface area contributed by atoms with Crippen molar-refractivity contribution in [1.29, 1.82) is 0 Å². The van der Waals surface area contributed by atoms with Crippen molar-refractivity contribution in [2.75, 3.05) is 6.26 Å². The predicted molar refractivity (Wildman–Crippen MR) is 76.6 cm³/mol. The van der Waals surface area contributed by atoms with Gasteiger partial charge in [-0.2, -0.15) is 11.8 Å². The van der Waals surface area contributed by atoms with Crippen LogP contribution in [0.2, 0.25) is 0 Å². The zero-order chi connectivity index (χ0) is 14.5. The molecular weight excluding hydrogens is 279 g/mol. The summed E-state index contributed by atoms with van der Waals surface area (Å²) in [5, 5.41) is 5.42. The highest BCUT2D eigenvalue weighted by atomic mass is 32.2. The molecule has 0 aliphatic carbocycles. The molecular formula is C14H17FN2O2S. The van der Waals surface area contributed by atoms with Gasteiger partial charge in [0.05, 0.1) is 0 Å². The second-order valence-electron chi connectivity index (χ2n) is 4.72. The summed E-state index contributed by atoms with van der Waals surface area (Å²) in [7, 11) is 0. The minimum atomic E-state index is -0.438. The Kier molecular flexibility index (Phi) is 5.00. The fourth-order valence-electron chi connectivity index (χ4n) is 2.17. The van der Waals surface area contributed by atoms with E-state index in [1.165, 1.54) is 12.1 Å². The summed E-state index contributed by atoms with van der Waals surface area (Å²) in [4.78, 5) is 23.0. The first-order valence-electron chi connectivity index (χ1n) is 6.43. The van der Waals surface area contributed by atoms with Crippen molar-refractivity contribution in [3.8, 4) is 0 Å². The topological polar surface area (TPSA) is 58.2 Å². The molecule has 0 radical (unpaired) electrons. The van der Waals surface area contributed by atoms with Gasteiger partial charge in [0.25, 0.3) is 0 Å². The maximum atomic E-state index is 13.2. The van der Waals surface area contributed by atoms with Gasteiger partial charge in [0.2, 0.25) is 11.8 Å². The van der Waals surface area contributed by atoms with E-state index in [4.69, 9.17) is 0 Å². The van der Waals surface area contributed by atoms with Crippen LogP contribution >= 0.6 is 11.8 Å². The number of benzene rings is 1. The molecule has 4 nitrogen and oxygen atoms in total. The quantitative estimate of drug-likeness (QED) is 0.867. The first-order chi connectivity index (χ1) is 9.60. The van der Waals surface area contributed by atoms with Gasteiger partial charge in [-0.25, -0.2) is 4.39 Å². The summed E-state index contributed by atoms with van der Waals surface area (Å²) in [6.07, 6.45) is 2.87. The highest BCUT2D eigenvalue weighted by Crippen LogP contribution is 2.17. The summed E-state index contributed by atoms with van der Waals surface area (Å²) in [6, 6.07) is 4.14. The average molecular weight is 296 g/mol. The van der Waals surface area contributed by atoms with E-state index < -0.39 is 6.04 Å². The highest BCUT2D eigenvalue weighted by molar-refractivity contribution is 7.97. The van der Waals surface area contributed by atoms with E-state index in [9.17, 15) is 14.0 Å². The molecule has 1 fully saturated rings. The van der Waals surface area contributed by atoms with E-state index in [0.717, 1.165) is 11.1 Å². The molecule has 0 aromatic heterocycles.